The zero-order valence-electron chi connectivity index (χ0n) is 23.5. The first-order valence-corrected chi connectivity index (χ1v) is 17.2. The quantitative estimate of drug-likeness (QED) is 0.189. The van der Waals surface area contributed by atoms with Crippen LogP contribution in [0.4, 0.5) is 0 Å². The molecule has 0 bridgehead atoms. The molecule has 198 valence electrons. The molecule has 0 radical (unpaired) electrons. The molecule has 0 N–H and O–H groups in total. The van der Waals surface area contributed by atoms with E-state index < -0.39 is 0 Å². The Morgan fingerprint density at radius 1 is 0.743 bits per heavy atom. The molecule has 1 unspecified atom stereocenters. The maximum absolute atomic E-state index is 2.52. The minimum atomic E-state index is -0.0452. The number of hydrogen-bond donors (Lipinski definition) is 0. The van der Waals surface area contributed by atoms with Crippen LogP contribution in [-0.4, -0.2) is 27.8 Å². The largest absolute Gasteiger partial charge is 2.00 e. The molecule has 2 fully saturated rings. The standard InChI is InChI=1S/C27H47P2.C5H5.Fe/c1-26(2,3)28(27(4,5)6)21-25(22-15-13-14-16-22)29(23-17-9-7-10-18-23)24-19-11-8-12-20-24;1-2-4-5-3-1;/h13-16,23-25H,7-12,17-21H2,1-6H3;1-5H;/q2*-1;+2. The van der Waals surface area contributed by atoms with E-state index in [2.05, 4.69) is 65.8 Å². The molecule has 0 amide bonds. The molecule has 0 saturated heterocycles. The fourth-order valence-electron chi connectivity index (χ4n) is 6.60. The van der Waals surface area contributed by atoms with Gasteiger partial charge in [-0.2, -0.15) is 35.9 Å². The van der Waals surface area contributed by atoms with Crippen molar-refractivity contribution in [3.05, 3.63) is 60.2 Å². The molecule has 2 saturated carbocycles. The van der Waals surface area contributed by atoms with Crippen molar-refractivity contribution in [2.75, 3.05) is 6.16 Å². The zero-order chi connectivity index (χ0) is 24.6. The van der Waals surface area contributed by atoms with Crippen LogP contribution in [-0.2, 0) is 17.1 Å². The van der Waals surface area contributed by atoms with Gasteiger partial charge >= 0.3 is 17.1 Å². The Morgan fingerprint density at radius 3 is 1.57 bits per heavy atom. The minimum Gasteiger partial charge on any atom is -0.214 e. The van der Waals surface area contributed by atoms with Crippen LogP contribution in [0.3, 0.4) is 0 Å². The molecule has 0 spiro atoms. The summed E-state index contributed by atoms with van der Waals surface area (Å²) >= 11 is 0. The Morgan fingerprint density at radius 2 is 1.23 bits per heavy atom. The van der Waals surface area contributed by atoms with Crippen LogP contribution in [0.15, 0.2) is 54.6 Å². The van der Waals surface area contributed by atoms with E-state index in [0.29, 0.717) is 10.3 Å². The summed E-state index contributed by atoms with van der Waals surface area (Å²) in [5.74, 6) is 0. The second-order valence-corrected chi connectivity index (χ2v) is 19.6. The predicted molar refractivity (Wildman–Crippen MR) is 159 cm³/mol. The maximum atomic E-state index is 2.52. The fourth-order valence-corrected chi connectivity index (χ4v) is 15.6. The van der Waals surface area contributed by atoms with E-state index in [-0.39, 0.29) is 32.9 Å². The zero-order valence-corrected chi connectivity index (χ0v) is 26.3. The molecule has 1 atom stereocenters. The second kappa shape index (κ2) is 14.9. The Hall–Kier alpha value is 0.0795. The number of rotatable bonds is 6. The third-order valence-electron chi connectivity index (χ3n) is 7.96. The van der Waals surface area contributed by atoms with E-state index in [1.54, 1.807) is 5.56 Å². The van der Waals surface area contributed by atoms with Crippen molar-refractivity contribution in [2.45, 2.75) is 133 Å². The van der Waals surface area contributed by atoms with Crippen LogP contribution in [0, 0.1) is 0 Å². The van der Waals surface area contributed by atoms with Crippen LogP contribution in [0.1, 0.15) is 117 Å². The van der Waals surface area contributed by atoms with Gasteiger partial charge in [0, 0.05) is 0 Å². The normalized spacial score (nSPS) is 19.2. The predicted octanol–water partition coefficient (Wildman–Crippen LogP) is 11.1. The first-order valence-electron chi connectivity index (χ1n) is 14.1. The van der Waals surface area contributed by atoms with E-state index in [0.717, 1.165) is 17.0 Å². The SMILES string of the molecule is CC(C)(C)P(CC(c1ccc[cH-]1)P(C1CCCCC1)C1CCCCC1)C(C)(C)C.[Fe+2].c1cc[cH-]c1. The van der Waals surface area contributed by atoms with Crippen LogP contribution >= 0.6 is 15.8 Å². The molecule has 2 aliphatic rings. The van der Waals surface area contributed by atoms with Crippen molar-refractivity contribution in [1.29, 1.82) is 0 Å². The monoisotopic (exact) mass is 554 g/mol. The molecule has 0 aliphatic heterocycles. The molecule has 4 rings (SSSR count). The van der Waals surface area contributed by atoms with Crippen molar-refractivity contribution in [1.82, 2.24) is 0 Å². The fraction of sp³-hybridized carbons (Fsp3) is 0.688. The van der Waals surface area contributed by atoms with Crippen molar-refractivity contribution in [3.63, 3.8) is 0 Å². The van der Waals surface area contributed by atoms with Crippen molar-refractivity contribution >= 4 is 15.8 Å². The molecular formula is C32H52FeP2. The van der Waals surface area contributed by atoms with Gasteiger partial charge < -0.3 is 0 Å². The Labute approximate surface area is 231 Å². The molecule has 0 nitrogen and oxygen atoms in total. The first-order chi connectivity index (χ1) is 16.2. The average molecular weight is 555 g/mol. The topological polar surface area (TPSA) is 0 Å². The summed E-state index contributed by atoms with van der Waals surface area (Å²) < 4.78 is 0. The molecule has 3 heteroatoms. The van der Waals surface area contributed by atoms with Crippen molar-refractivity contribution in [2.24, 2.45) is 0 Å². The van der Waals surface area contributed by atoms with Crippen LogP contribution in [0.2, 0.25) is 0 Å². The van der Waals surface area contributed by atoms with Gasteiger partial charge in [0.25, 0.3) is 0 Å². The van der Waals surface area contributed by atoms with Gasteiger partial charge in [0.15, 0.2) is 0 Å². The summed E-state index contributed by atoms with van der Waals surface area (Å²) in [6.07, 6.45) is 16.5. The van der Waals surface area contributed by atoms with E-state index in [4.69, 9.17) is 0 Å². The van der Waals surface area contributed by atoms with Crippen molar-refractivity contribution < 1.29 is 17.1 Å². The summed E-state index contributed by atoms with van der Waals surface area (Å²) in [6, 6.07) is 19.6. The first kappa shape index (κ1) is 31.3. The average Bonchev–Trinajstić information content (AvgIpc) is 3.53. The second-order valence-electron chi connectivity index (χ2n) is 12.7. The third kappa shape index (κ3) is 9.72. The molecule has 2 aromatic rings. The van der Waals surface area contributed by atoms with E-state index >= 15 is 0 Å². The van der Waals surface area contributed by atoms with Gasteiger partial charge in [0.1, 0.15) is 0 Å². The molecule has 0 aromatic heterocycles. The van der Waals surface area contributed by atoms with Crippen molar-refractivity contribution in [3.8, 4) is 0 Å². The maximum Gasteiger partial charge on any atom is 2.00 e. The summed E-state index contributed by atoms with van der Waals surface area (Å²) in [5, 5.41) is 0.858. The van der Waals surface area contributed by atoms with Crippen LogP contribution in [0.5, 0.6) is 0 Å². The van der Waals surface area contributed by atoms with E-state index in [9.17, 15) is 0 Å². The van der Waals surface area contributed by atoms with Gasteiger partial charge in [-0.3, -0.25) is 0 Å². The van der Waals surface area contributed by atoms with Crippen LogP contribution < -0.4 is 0 Å². The van der Waals surface area contributed by atoms with Gasteiger partial charge in [-0.25, -0.2) is 24.3 Å². The van der Waals surface area contributed by atoms with Gasteiger partial charge in [0.05, 0.1) is 0 Å². The van der Waals surface area contributed by atoms with Gasteiger partial charge in [-0.15, -0.1) is 0 Å². The molecule has 2 aromatic carbocycles. The summed E-state index contributed by atoms with van der Waals surface area (Å²) in [5.41, 5.74) is 4.63. The molecule has 2 aliphatic carbocycles. The Balaban J connectivity index is 0.000000640. The third-order valence-corrected chi connectivity index (χ3v) is 16.1. The number of hydrogen-bond acceptors (Lipinski definition) is 0. The molecule has 0 heterocycles. The Kier molecular flexibility index (Phi) is 13.3. The summed E-state index contributed by atoms with van der Waals surface area (Å²) in [6.45, 7) is 15.1. The van der Waals surface area contributed by atoms with E-state index in [1.807, 2.05) is 30.3 Å². The summed E-state index contributed by atoms with van der Waals surface area (Å²) in [4.78, 5) is 0. The molecular weight excluding hydrogens is 502 g/mol. The minimum absolute atomic E-state index is 0. The van der Waals surface area contributed by atoms with Gasteiger partial charge in [-0.05, 0) is 59.1 Å². The Bertz CT molecular complexity index is 704. The van der Waals surface area contributed by atoms with Gasteiger partial charge in [0.2, 0.25) is 0 Å². The van der Waals surface area contributed by atoms with Crippen LogP contribution in [0.25, 0.3) is 0 Å². The van der Waals surface area contributed by atoms with E-state index in [1.165, 1.54) is 70.4 Å². The van der Waals surface area contributed by atoms with Gasteiger partial charge in [-0.1, -0.05) is 95.9 Å². The molecule has 35 heavy (non-hydrogen) atoms. The smallest absolute Gasteiger partial charge is 0.214 e. The summed E-state index contributed by atoms with van der Waals surface area (Å²) in [7, 11) is 0.0332.